The van der Waals surface area contributed by atoms with E-state index in [4.69, 9.17) is 4.74 Å². The maximum Gasteiger partial charge on any atom is 0.411 e. The Balaban J connectivity index is 1.13. The molecule has 2 N–H and O–H groups in total. The van der Waals surface area contributed by atoms with Crippen LogP contribution in [0.15, 0.2) is 35.0 Å². The number of amides is 2. The van der Waals surface area contributed by atoms with Crippen molar-refractivity contribution in [1.29, 1.82) is 0 Å². The number of fused-ring (bicyclic) bond motifs is 1. The minimum atomic E-state index is -0.519. The number of anilines is 2. The quantitative estimate of drug-likeness (QED) is 0.348. The van der Waals surface area contributed by atoms with Crippen LogP contribution in [0.4, 0.5) is 16.3 Å². The van der Waals surface area contributed by atoms with E-state index in [0.29, 0.717) is 24.4 Å². The van der Waals surface area contributed by atoms with Crippen molar-refractivity contribution in [2.75, 3.05) is 56.1 Å². The second-order valence-corrected chi connectivity index (χ2v) is 10.2. The van der Waals surface area contributed by atoms with Crippen molar-refractivity contribution >= 4 is 56.5 Å². The van der Waals surface area contributed by atoms with E-state index in [1.165, 1.54) is 21.4 Å². The minimum absolute atomic E-state index is 0.167. The molecule has 3 heterocycles. The topological polar surface area (TPSA) is 86.8 Å². The van der Waals surface area contributed by atoms with Gasteiger partial charge in [0.15, 0.2) is 0 Å². The van der Waals surface area contributed by atoms with E-state index >= 15 is 0 Å². The Morgan fingerprint density at radius 3 is 2.74 bits per heavy atom. The highest BCUT2D eigenvalue weighted by Gasteiger charge is 2.20. The monoisotopic (exact) mass is 515 g/mol. The molecule has 1 fully saturated rings. The zero-order chi connectivity index (χ0) is 24.5. The lowest BCUT2D eigenvalue weighted by atomic mass is 10.2. The average molecular weight is 516 g/mol. The third-order valence-corrected chi connectivity index (χ3v) is 7.65. The van der Waals surface area contributed by atoms with E-state index in [9.17, 15) is 9.59 Å². The number of hydrogen-bond acceptors (Lipinski definition) is 8. The van der Waals surface area contributed by atoms with E-state index in [1.54, 1.807) is 22.3 Å². The molecule has 10 heteroatoms. The lowest BCUT2D eigenvalue weighted by Crippen LogP contribution is -2.46. The predicted octanol–water partition coefficient (Wildman–Crippen LogP) is 5.04. The van der Waals surface area contributed by atoms with Crippen molar-refractivity contribution in [3.63, 3.8) is 0 Å². The van der Waals surface area contributed by atoms with E-state index < -0.39 is 6.09 Å². The fraction of sp³-hybridized carbons (Fsp3) is 0.480. The maximum atomic E-state index is 12.6. The summed E-state index contributed by atoms with van der Waals surface area (Å²) in [7, 11) is 0. The van der Waals surface area contributed by atoms with Crippen molar-refractivity contribution in [3.05, 3.63) is 40.6 Å². The number of rotatable bonds is 11. The van der Waals surface area contributed by atoms with Gasteiger partial charge in [-0.25, -0.2) is 4.79 Å². The molecule has 0 bridgehead atoms. The molecule has 2 aromatic heterocycles. The number of nitrogens with zero attached hydrogens (tertiary/aromatic N) is 3. The van der Waals surface area contributed by atoms with Crippen LogP contribution in [-0.4, -0.2) is 67.1 Å². The highest BCUT2D eigenvalue weighted by atomic mass is 32.1. The molecule has 1 saturated heterocycles. The molecule has 1 aromatic carbocycles. The van der Waals surface area contributed by atoms with Crippen LogP contribution in [0.25, 0.3) is 10.1 Å². The van der Waals surface area contributed by atoms with Crippen LogP contribution in [0.3, 0.4) is 0 Å². The molecule has 0 aliphatic carbocycles. The summed E-state index contributed by atoms with van der Waals surface area (Å²) in [5, 5.41) is 10.4. The standard InChI is InChI=1S/C25H33N5O3S2/c1-2-3-16-33-25(32)27-21-18-34-17-20(21)24(31)26-10-6-7-11-29-12-14-30(15-13-29)23-19-8-4-5-9-22(19)35-28-23/h4-5,8-9,17-18H,2-3,6-7,10-16H2,1H3,(H,26,31)(H,27,32). The number of unbranched alkanes of at least 4 members (excludes halogenated alkanes) is 2. The highest BCUT2D eigenvalue weighted by Crippen LogP contribution is 2.29. The highest BCUT2D eigenvalue weighted by molar-refractivity contribution is 7.13. The third-order valence-electron chi connectivity index (χ3n) is 6.09. The van der Waals surface area contributed by atoms with Gasteiger partial charge in [-0.05, 0) is 49.5 Å². The Bertz CT molecular complexity index is 1110. The molecule has 0 radical (unpaired) electrons. The summed E-state index contributed by atoms with van der Waals surface area (Å²) in [5.74, 6) is 0.948. The van der Waals surface area contributed by atoms with Crippen LogP contribution in [0.1, 0.15) is 43.0 Å². The second kappa shape index (κ2) is 12.9. The fourth-order valence-corrected chi connectivity index (χ4v) is 5.62. The second-order valence-electron chi connectivity index (χ2n) is 8.61. The molecule has 0 unspecified atom stereocenters. The number of hydrogen-bond donors (Lipinski definition) is 2. The van der Waals surface area contributed by atoms with Gasteiger partial charge in [-0.1, -0.05) is 25.5 Å². The molecule has 35 heavy (non-hydrogen) atoms. The van der Waals surface area contributed by atoms with E-state index in [0.717, 1.165) is 64.2 Å². The van der Waals surface area contributed by atoms with Crippen molar-refractivity contribution in [3.8, 4) is 0 Å². The number of ether oxygens (including phenoxy) is 1. The Morgan fingerprint density at radius 1 is 1.09 bits per heavy atom. The van der Waals surface area contributed by atoms with Crippen molar-refractivity contribution in [2.24, 2.45) is 0 Å². The van der Waals surface area contributed by atoms with Gasteiger partial charge in [-0.15, -0.1) is 11.3 Å². The first-order valence-electron chi connectivity index (χ1n) is 12.3. The Hall–Kier alpha value is -2.69. The molecule has 3 aromatic rings. The van der Waals surface area contributed by atoms with Crippen LogP contribution in [0.2, 0.25) is 0 Å². The van der Waals surface area contributed by atoms with Crippen LogP contribution >= 0.6 is 22.9 Å². The van der Waals surface area contributed by atoms with E-state index in [1.807, 2.05) is 6.92 Å². The number of piperazine rings is 1. The molecule has 0 saturated carbocycles. The molecular formula is C25H33N5O3S2. The summed E-state index contributed by atoms with van der Waals surface area (Å²) in [4.78, 5) is 29.3. The SMILES string of the molecule is CCCCOC(=O)Nc1cscc1C(=O)NCCCCN1CCN(c2nsc3ccccc23)CC1. The fourth-order valence-electron chi connectivity index (χ4n) is 4.07. The lowest BCUT2D eigenvalue weighted by Gasteiger charge is -2.35. The van der Waals surface area contributed by atoms with E-state index in [2.05, 4.69) is 49.1 Å². The normalized spacial score (nSPS) is 14.3. The maximum absolute atomic E-state index is 12.6. The molecule has 8 nitrogen and oxygen atoms in total. The van der Waals surface area contributed by atoms with Gasteiger partial charge >= 0.3 is 6.09 Å². The van der Waals surface area contributed by atoms with Gasteiger partial charge in [0.25, 0.3) is 5.91 Å². The van der Waals surface area contributed by atoms with Crippen LogP contribution in [0.5, 0.6) is 0 Å². The first kappa shape index (κ1) is 25.4. The van der Waals surface area contributed by atoms with Crippen LogP contribution in [0, 0.1) is 0 Å². The smallest absolute Gasteiger partial charge is 0.411 e. The van der Waals surface area contributed by atoms with Gasteiger partial charge in [-0.2, -0.15) is 4.37 Å². The molecule has 1 aliphatic heterocycles. The number of benzene rings is 1. The first-order chi connectivity index (χ1) is 17.2. The Morgan fingerprint density at radius 2 is 1.91 bits per heavy atom. The number of nitrogens with one attached hydrogen (secondary N) is 2. The summed E-state index contributed by atoms with van der Waals surface area (Å²) in [6.07, 6.45) is 3.20. The van der Waals surface area contributed by atoms with Crippen molar-refractivity contribution in [2.45, 2.75) is 32.6 Å². The Kier molecular flexibility index (Phi) is 9.33. The summed E-state index contributed by atoms with van der Waals surface area (Å²) >= 11 is 2.95. The first-order valence-corrected chi connectivity index (χ1v) is 14.0. The van der Waals surface area contributed by atoms with Crippen molar-refractivity contribution < 1.29 is 14.3 Å². The average Bonchev–Trinajstić information content (AvgIpc) is 3.51. The van der Waals surface area contributed by atoms with Gasteiger partial charge in [0.1, 0.15) is 5.82 Å². The Labute approximate surface area is 214 Å². The zero-order valence-corrected chi connectivity index (χ0v) is 21.8. The number of carbonyl (C=O) groups excluding carboxylic acids is 2. The van der Waals surface area contributed by atoms with Gasteiger partial charge in [-0.3, -0.25) is 15.0 Å². The summed E-state index contributed by atoms with van der Waals surface area (Å²) in [5.41, 5.74) is 0.980. The molecule has 4 rings (SSSR count). The van der Waals surface area contributed by atoms with Gasteiger partial charge in [0.2, 0.25) is 0 Å². The van der Waals surface area contributed by atoms with Crippen LogP contribution < -0.4 is 15.5 Å². The molecule has 188 valence electrons. The van der Waals surface area contributed by atoms with Gasteiger partial charge < -0.3 is 15.0 Å². The molecule has 0 atom stereocenters. The van der Waals surface area contributed by atoms with Gasteiger partial charge in [0, 0.05) is 48.9 Å². The van der Waals surface area contributed by atoms with Gasteiger partial charge in [0.05, 0.1) is 22.6 Å². The number of thiophene rings is 1. The lowest BCUT2D eigenvalue weighted by molar-refractivity contribution is 0.0954. The third kappa shape index (κ3) is 6.93. The minimum Gasteiger partial charge on any atom is -0.449 e. The number of aromatic nitrogens is 1. The van der Waals surface area contributed by atoms with Crippen LogP contribution in [-0.2, 0) is 4.74 Å². The largest absolute Gasteiger partial charge is 0.449 e. The number of carbonyl (C=O) groups is 2. The molecule has 1 aliphatic rings. The summed E-state index contributed by atoms with van der Waals surface area (Å²) in [6.45, 7) is 8.07. The summed E-state index contributed by atoms with van der Waals surface area (Å²) < 4.78 is 11.0. The predicted molar refractivity (Wildman–Crippen MR) is 144 cm³/mol. The zero-order valence-electron chi connectivity index (χ0n) is 20.1. The summed E-state index contributed by atoms with van der Waals surface area (Å²) in [6, 6.07) is 8.42. The molecule has 0 spiro atoms. The van der Waals surface area contributed by atoms with E-state index in [-0.39, 0.29) is 5.91 Å². The molecular weight excluding hydrogens is 482 g/mol. The van der Waals surface area contributed by atoms with Crippen molar-refractivity contribution in [1.82, 2.24) is 14.6 Å². The molecule has 2 amide bonds.